The fraction of sp³-hybridized carbons (Fsp3) is 0.692. The average molecular weight is 274 g/mol. The molecule has 0 radical (unpaired) electrons. The number of hydrogen-bond acceptors (Lipinski definition) is 3. The van der Waals surface area contributed by atoms with Crippen LogP contribution in [0.2, 0.25) is 4.34 Å². The number of thiophene rings is 1. The van der Waals surface area contributed by atoms with E-state index in [1.807, 2.05) is 6.07 Å². The molecule has 2 rings (SSSR count). The average Bonchev–Trinajstić information content (AvgIpc) is 2.58. The van der Waals surface area contributed by atoms with Crippen LogP contribution in [0.5, 0.6) is 0 Å². The molecule has 0 bridgehead atoms. The maximum Gasteiger partial charge on any atom is 0.0934 e. The van der Waals surface area contributed by atoms with Gasteiger partial charge < -0.3 is 10.4 Å². The van der Waals surface area contributed by atoms with Gasteiger partial charge in [0.15, 0.2) is 0 Å². The van der Waals surface area contributed by atoms with Crippen molar-refractivity contribution in [2.45, 2.75) is 51.1 Å². The molecule has 0 amide bonds. The zero-order valence-electron chi connectivity index (χ0n) is 10.4. The van der Waals surface area contributed by atoms with Crippen LogP contribution in [-0.4, -0.2) is 23.8 Å². The summed E-state index contributed by atoms with van der Waals surface area (Å²) in [6, 6.07) is 3.15. The summed E-state index contributed by atoms with van der Waals surface area (Å²) in [6.07, 6.45) is 3.06. The highest BCUT2D eigenvalue weighted by Gasteiger charge is 2.27. The van der Waals surface area contributed by atoms with Gasteiger partial charge in [0.05, 0.1) is 4.34 Å². The van der Waals surface area contributed by atoms with Crippen LogP contribution in [0.4, 0.5) is 0 Å². The SMILES string of the molecule is CC1CC(c2sc(Cl)cc2CCO)CC(C)N1. The zero-order valence-corrected chi connectivity index (χ0v) is 11.9. The lowest BCUT2D eigenvalue weighted by molar-refractivity contribution is 0.296. The fourth-order valence-electron chi connectivity index (χ4n) is 2.86. The Morgan fingerprint density at radius 2 is 2.06 bits per heavy atom. The van der Waals surface area contributed by atoms with Crippen LogP contribution < -0.4 is 5.32 Å². The van der Waals surface area contributed by atoms with Gasteiger partial charge in [-0.05, 0) is 50.7 Å². The molecule has 1 saturated heterocycles. The van der Waals surface area contributed by atoms with Crippen molar-refractivity contribution in [3.05, 3.63) is 20.8 Å². The first-order chi connectivity index (χ1) is 8.10. The molecule has 0 saturated carbocycles. The smallest absolute Gasteiger partial charge is 0.0934 e. The summed E-state index contributed by atoms with van der Waals surface area (Å²) in [5.41, 5.74) is 1.24. The molecule has 2 heterocycles. The van der Waals surface area contributed by atoms with E-state index in [1.165, 1.54) is 23.3 Å². The molecule has 17 heavy (non-hydrogen) atoms. The first-order valence-electron chi connectivity index (χ1n) is 6.25. The molecule has 4 heteroatoms. The number of nitrogens with one attached hydrogen (secondary N) is 1. The third-order valence-electron chi connectivity index (χ3n) is 3.41. The Labute approximate surface area is 112 Å². The predicted molar refractivity (Wildman–Crippen MR) is 74.2 cm³/mol. The normalized spacial score (nSPS) is 29.5. The Morgan fingerprint density at radius 3 is 2.65 bits per heavy atom. The summed E-state index contributed by atoms with van der Waals surface area (Å²) in [7, 11) is 0. The topological polar surface area (TPSA) is 32.3 Å². The van der Waals surface area contributed by atoms with Gasteiger partial charge in [0.1, 0.15) is 0 Å². The quantitative estimate of drug-likeness (QED) is 0.887. The van der Waals surface area contributed by atoms with Crippen LogP contribution in [0, 0.1) is 0 Å². The predicted octanol–water partition coefficient (Wildman–Crippen LogP) is 3.18. The standard InChI is InChI=1S/C13H20ClNOS/c1-8-5-11(6-9(2)15-8)13-10(3-4-16)7-12(14)17-13/h7-9,11,15-16H,3-6H2,1-2H3. The van der Waals surface area contributed by atoms with Gasteiger partial charge in [0, 0.05) is 23.6 Å². The molecule has 2 atom stereocenters. The monoisotopic (exact) mass is 273 g/mol. The first kappa shape index (κ1) is 13.3. The number of aliphatic hydroxyl groups is 1. The third-order valence-corrected chi connectivity index (χ3v) is 4.88. The summed E-state index contributed by atoms with van der Waals surface area (Å²) < 4.78 is 0.849. The zero-order chi connectivity index (χ0) is 12.4. The van der Waals surface area contributed by atoms with E-state index >= 15 is 0 Å². The van der Waals surface area contributed by atoms with Gasteiger partial charge in [-0.3, -0.25) is 0 Å². The molecule has 1 aromatic rings. The van der Waals surface area contributed by atoms with Crippen molar-refractivity contribution in [3.8, 4) is 0 Å². The van der Waals surface area contributed by atoms with E-state index in [-0.39, 0.29) is 6.61 Å². The highest BCUT2D eigenvalue weighted by molar-refractivity contribution is 7.16. The van der Waals surface area contributed by atoms with Gasteiger partial charge >= 0.3 is 0 Å². The minimum absolute atomic E-state index is 0.205. The highest BCUT2D eigenvalue weighted by atomic mass is 35.5. The summed E-state index contributed by atoms with van der Waals surface area (Å²) >= 11 is 7.81. The molecule has 0 aromatic carbocycles. The molecule has 0 aliphatic carbocycles. The number of rotatable bonds is 3. The fourth-order valence-corrected chi connectivity index (χ4v) is 4.30. The van der Waals surface area contributed by atoms with Gasteiger partial charge in [-0.15, -0.1) is 11.3 Å². The third kappa shape index (κ3) is 3.22. The van der Waals surface area contributed by atoms with Crippen LogP contribution in [0.3, 0.4) is 0 Å². The summed E-state index contributed by atoms with van der Waals surface area (Å²) in [6.45, 7) is 4.68. The minimum atomic E-state index is 0.205. The van der Waals surface area contributed by atoms with E-state index in [9.17, 15) is 0 Å². The van der Waals surface area contributed by atoms with Crippen molar-refractivity contribution in [2.24, 2.45) is 0 Å². The van der Waals surface area contributed by atoms with Crippen molar-refractivity contribution in [1.82, 2.24) is 5.32 Å². The molecule has 96 valence electrons. The molecule has 1 aliphatic rings. The van der Waals surface area contributed by atoms with Gasteiger partial charge in [0.25, 0.3) is 0 Å². The molecular formula is C13H20ClNOS. The van der Waals surface area contributed by atoms with E-state index in [0.29, 0.717) is 18.0 Å². The van der Waals surface area contributed by atoms with Gasteiger partial charge in [0.2, 0.25) is 0 Å². The van der Waals surface area contributed by atoms with Gasteiger partial charge in [-0.2, -0.15) is 0 Å². The summed E-state index contributed by atoms with van der Waals surface area (Å²) in [5.74, 6) is 0.597. The molecule has 1 aliphatic heterocycles. The number of hydrogen-bond donors (Lipinski definition) is 2. The molecule has 1 fully saturated rings. The maximum atomic E-state index is 9.10. The molecular weight excluding hydrogens is 254 g/mol. The summed E-state index contributed by atoms with van der Waals surface area (Å²) in [5, 5.41) is 12.7. The van der Waals surface area contributed by atoms with E-state index in [4.69, 9.17) is 16.7 Å². The molecule has 2 N–H and O–H groups in total. The van der Waals surface area contributed by atoms with Crippen molar-refractivity contribution in [2.75, 3.05) is 6.61 Å². The largest absolute Gasteiger partial charge is 0.396 e. The van der Waals surface area contributed by atoms with E-state index in [2.05, 4.69) is 19.2 Å². The van der Waals surface area contributed by atoms with E-state index in [1.54, 1.807) is 11.3 Å². The maximum absolute atomic E-state index is 9.10. The van der Waals surface area contributed by atoms with Crippen LogP contribution in [-0.2, 0) is 6.42 Å². The second kappa shape index (κ2) is 5.70. The Balaban J connectivity index is 2.20. The molecule has 2 unspecified atom stereocenters. The number of piperidine rings is 1. The van der Waals surface area contributed by atoms with E-state index < -0.39 is 0 Å². The second-order valence-electron chi connectivity index (χ2n) is 5.05. The van der Waals surface area contributed by atoms with Crippen LogP contribution in [0.1, 0.15) is 43.0 Å². The van der Waals surface area contributed by atoms with Crippen molar-refractivity contribution in [1.29, 1.82) is 0 Å². The van der Waals surface area contributed by atoms with Crippen molar-refractivity contribution < 1.29 is 5.11 Å². The Kier molecular flexibility index (Phi) is 4.47. The van der Waals surface area contributed by atoms with E-state index in [0.717, 1.165) is 10.8 Å². The Bertz CT molecular complexity index is 369. The Morgan fingerprint density at radius 1 is 1.41 bits per heavy atom. The lowest BCUT2D eigenvalue weighted by Crippen LogP contribution is -2.41. The first-order valence-corrected chi connectivity index (χ1v) is 7.44. The van der Waals surface area contributed by atoms with Crippen LogP contribution in [0.25, 0.3) is 0 Å². The summed E-state index contributed by atoms with van der Waals surface area (Å²) in [4.78, 5) is 1.39. The number of halogens is 1. The molecule has 0 spiro atoms. The molecule has 2 nitrogen and oxygen atoms in total. The second-order valence-corrected chi connectivity index (χ2v) is 6.77. The molecule has 1 aromatic heterocycles. The van der Waals surface area contributed by atoms with Crippen molar-refractivity contribution >= 4 is 22.9 Å². The van der Waals surface area contributed by atoms with Crippen LogP contribution >= 0.6 is 22.9 Å². The van der Waals surface area contributed by atoms with Gasteiger partial charge in [-0.25, -0.2) is 0 Å². The lowest BCUT2D eigenvalue weighted by atomic mass is 9.86. The highest BCUT2D eigenvalue weighted by Crippen LogP contribution is 2.39. The lowest BCUT2D eigenvalue weighted by Gasteiger charge is -2.33. The number of aliphatic hydroxyl groups excluding tert-OH is 1. The minimum Gasteiger partial charge on any atom is -0.396 e. The van der Waals surface area contributed by atoms with Gasteiger partial charge in [-0.1, -0.05) is 11.6 Å². The van der Waals surface area contributed by atoms with Crippen LogP contribution in [0.15, 0.2) is 6.07 Å². The Hall–Kier alpha value is -0.0900. The van der Waals surface area contributed by atoms with Crippen molar-refractivity contribution in [3.63, 3.8) is 0 Å².